The van der Waals surface area contributed by atoms with Crippen LogP contribution in [-0.4, -0.2) is 25.8 Å². The van der Waals surface area contributed by atoms with Gasteiger partial charge in [0.05, 0.1) is 5.69 Å². The van der Waals surface area contributed by atoms with E-state index in [9.17, 15) is 4.79 Å². The number of nitrogens with one attached hydrogen (secondary N) is 1. The number of rotatable bonds is 3. The van der Waals surface area contributed by atoms with Crippen molar-refractivity contribution in [2.75, 3.05) is 11.1 Å². The van der Waals surface area contributed by atoms with Crippen molar-refractivity contribution in [3.63, 3.8) is 0 Å². The molecule has 0 unspecified atom stereocenters. The number of carbonyl (C=O) groups is 1. The van der Waals surface area contributed by atoms with Crippen LogP contribution in [0.1, 0.15) is 10.5 Å². The quantitative estimate of drug-likeness (QED) is 0.725. The zero-order valence-corrected chi connectivity index (χ0v) is 9.08. The molecule has 17 heavy (non-hydrogen) atoms. The van der Waals surface area contributed by atoms with E-state index in [-0.39, 0.29) is 11.5 Å². The second-order valence-corrected chi connectivity index (χ2v) is 3.44. The summed E-state index contributed by atoms with van der Waals surface area (Å²) in [5.41, 5.74) is 5.98. The van der Waals surface area contributed by atoms with Crippen molar-refractivity contribution in [3.05, 3.63) is 30.1 Å². The van der Waals surface area contributed by atoms with Gasteiger partial charge < -0.3 is 16.2 Å². The van der Waals surface area contributed by atoms with Crippen LogP contribution in [0.2, 0.25) is 0 Å². The van der Waals surface area contributed by atoms with E-state index in [4.69, 9.17) is 10.8 Å². The molecule has 0 bridgehead atoms. The molecule has 0 atom stereocenters. The molecule has 0 spiro atoms. The Morgan fingerprint density at radius 1 is 1.47 bits per heavy atom. The van der Waals surface area contributed by atoms with E-state index in [1.807, 2.05) is 0 Å². The Labute approximate surface area is 96.9 Å². The number of anilines is 3. The molecular formula is C10H11N5O2. The number of aromatic carboxylic acids is 1. The lowest BCUT2D eigenvalue weighted by molar-refractivity contribution is 0.0690. The van der Waals surface area contributed by atoms with Crippen LogP contribution in [0.3, 0.4) is 0 Å². The number of pyridine rings is 1. The van der Waals surface area contributed by atoms with Crippen LogP contribution in [0.4, 0.5) is 17.3 Å². The molecule has 2 aromatic rings. The van der Waals surface area contributed by atoms with Gasteiger partial charge in [-0.2, -0.15) is 5.10 Å². The largest absolute Gasteiger partial charge is 0.477 e. The number of aryl methyl sites for hydroxylation is 1. The lowest BCUT2D eigenvalue weighted by Crippen LogP contribution is -2.06. The average molecular weight is 233 g/mol. The molecule has 0 saturated heterocycles. The van der Waals surface area contributed by atoms with Crippen LogP contribution in [0.5, 0.6) is 0 Å². The summed E-state index contributed by atoms with van der Waals surface area (Å²) in [5.74, 6) is -0.271. The summed E-state index contributed by atoms with van der Waals surface area (Å²) in [6.45, 7) is 0. The van der Waals surface area contributed by atoms with Gasteiger partial charge in [-0.1, -0.05) is 0 Å². The zero-order valence-electron chi connectivity index (χ0n) is 9.08. The maximum Gasteiger partial charge on any atom is 0.354 e. The standard InChI is InChI=1S/C10H11N5O2/c1-15-5-4-8(14-15)13-9-6(11)2-3-7(12-9)10(16)17/h2-5H,11H2,1H3,(H,16,17)(H,12,13,14). The lowest BCUT2D eigenvalue weighted by Gasteiger charge is -2.06. The average Bonchev–Trinajstić information content (AvgIpc) is 2.67. The maximum absolute atomic E-state index is 10.8. The van der Waals surface area contributed by atoms with E-state index < -0.39 is 5.97 Å². The van der Waals surface area contributed by atoms with Crippen LogP contribution < -0.4 is 11.1 Å². The molecule has 0 saturated carbocycles. The third-order valence-electron chi connectivity index (χ3n) is 2.11. The summed E-state index contributed by atoms with van der Waals surface area (Å²) >= 11 is 0. The van der Waals surface area contributed by atoms with Crippen molar-refractivity contribution in [2.45, 2.75) is 0 Å². The zero-order chi connectivity index (χ0) is 12.4. The fourth-order valence-electron chi connectivity index (χ4n) is 1.29. The van der Waals surface area contributed by atoms with E-state index in [0.717, 1.165) is 0 Å². The lowest BCUT2D eigenvalue weighted by atomic mass is 10.3. The Balaban J connectivity index is 2.31. The predicted octanol–water partition coefficient (Wildman–Crippen LogP) is 0.839. The Morgan fingerprint density at radius 3 is 2.82 bits per heavy atom. The second-order valence-electron chi connectivity index (χ2n) is 3.44. The van der Waals surface area contributed by atoms with Crippen molar-refractivity contribution in [1.29, 1.82) is 0 Å². The monoisotopic (exact) mass is 233 g/mol. The number of carboxylic acid groups (broad SMARTS) is 1. The van der Waals surface area contributed by atoms with Gasteiger partial charge in [0.1, 0.15) is 0 Å². The molecule has 2 aromatic heterocycles. The molecule has 2 rings (SSSR count). The molecule has 7 nitrogen and oxygen atoms in total. The molecule has 4 N–H and O–H groups in total. The molecule has 0 fully saturated rings. The summed E-state index contributed by atoms with van der Waals surface area (Å²) in [7, 11) is 1.77. The highest BCUT2D eigenvalue weighted by molar-refractivity contribution is 5.87. The molecule has 2 heterocycles. The van der Waals surface area contributed by atoms with Gasteiger partial charge in [-0.05, 0) is 12.1 Å². The van der Waals surface area contributed by atoms with E-state index >= 15 is 0 Å². The Kier molecular flexibility index (Phi) is 2.65. The van der Waals surface area contributed by atoms with Gasteiger partial charge in [0.2, 0.25) is 0 Å². The topological polar surface area (TPSA) is 106 Å². The summed E-state index contributed by atoms with van der Waals surface area (Å²) < 4.78 is 1.61. The summed E-state index contributed by atoms with van der Waals surface area (Å²) in [6.07, 6.45) is 1.75. The van der Waals surface area contributed by atoms with Crippen LogP contribution in [0.25, 0.3) is 0 Å². The van der Waals surface area contributed by atoms with Gasteiger partial charge in [-0.15, -0.1) is 0 Å². The second kappa shape index (κ2) is 4.12. The smallest absolute Gasteiger partial charge is 0.354 e. The SMILES string of the molecule is Cn1ccc(Nc2nc(C(=O)O)ccc2N)n1. The number of aromatic nitrogens is 3. The van der Waals surface area contributed by atoms with Gasteiger partial charge in [0, 0.05) is 19.3 Å². The summed E-state index contributed by atoms with van der Waals surface area (Å²) in [4.78, 5) is 14.7. The number of hydrogen-bond donors (Lipinski definition) is 3. The van der Waals surface area contributed by atoms with Gasteiger partial charge >= 0.3 is 5.97 Å². The van der Waals surface area contributed by atoms with E-state index in [2.05, 4.69) is 15.4 Å². The normalized spacial score (nSPS) is 10.2. The van der Waals surface area contributed by atoms with E-state index in [0.29, 0.717) is 11.5 Å². The van der Waals surface area contributed by atoms with E-state index in [1.54, 1.807) is 24.0 Å². The van der Waals surface area contributed by atoms with Crippen molar-refractivity contribution in [3.8, 4) is 0 Å². The first-order valence-corrected chi connectivity index (χ1v) is 4.83. The molecule has 88 valence electrons. The Hall–Kier alpha value is -2.57. The van der Waals surface area contributed by atoms with Crippen molar-refractivity contribution in [2.24, 2.45) is 7.05 Å². The summed E-state index contributed by atoms with van der Waals surface area (Å²) in [6, 6.07) is 4.57. The number of hydrogen-bond acceptors (Lipinski definition) is 5. The number of nitrogens with two attached hydrogens (primary N) is 1. The fraction of sp³-hybridized carbons (Fsp3) is 0.100. The highest BCUT2D eigenvalue weighted by Gasteiger charge is 2.09. The molecule has 0 amide bonds. The maximum atomic E-state index is 10.8. The molecule has 0 aliphatic rings. The minimum absolute atomic E-state index is 0.0716. The van der Waals surface area contributed by atoms with Crippen LogP contribution in [0, 0.1) is 0 Å². The van der Waals surface area contributed by atoms with Crippen LogP contribution in [-0.2, 0) is 7.05 Å². The highest BCUT2D eigenvalue weighted by Crippen LogP contribution is 2.19. The minimum atomic E-state index is -1.10. The third kappa shape index (κ3) is 2.33. The van der Waals surface area contributed by atoms with Crippen LogP contribution in [0.15, 0.2) is 24.4 Å². The van der Waals surface area contributed by atoms with Gasteiger partial charge in [0.15, 0.2) is 17.3 Å². The first kappa shape index (κ1) is 10.9. The number of nitrogen functional groups attached to an aromatic ring is 1. The van der Waals surface area contributed by atoms with Crippen molar-refractivity contribution >= 4 is 23.3 Å². The van der Waals surface area contributed by atoms with E-state index in [1.165, 1.54) is 12.1 Å². The third-order valence-corrected chi connectivity index (χ3v) is 2.11. The Morgan fingerprint density at radius 2 is 2.24 bits per heavy atom. The fourth-order valence-corrected chi connectivity index (χ4v) is 1.29. The van der Waals surface area contributed by atoms with Gasteiger partial charge in [-0.25, -0.2) is 9.78 Å². The molecule has 0 aromatic carbocycles. The minimum Gasteiger partial charge on any atom is -0.477 e. The molecular weight excluding hydrogens is 222 g/mol. The number of nitrogens with zero attached hydrogens (tertiary/aromatic N) is 3. The first-order valence-electron chi connectivity index (χ1n) is 4.83. The summed E-state index contributed by atoms with van der Waals surface area (Å²) in [5, 5.41) is 15.8. The first-order chi connectivity index (χ1) is 8.06. The van der Waals surface area contributed by atoms with Gasteiger partial charge in [-0.3, -0.25) is 4.68 Å². The Bertz CT molecular complexity index is 564. The van der Waals surface area contributed by atoms with Crippen LogP contribution >= 0.6 is 0 Å². The van der Waals surface area contributed by atoms with Gasteiger partial charge in [0.25, 0.3) is 0 Å². The van der Waals surface area contributed by atoms with Crippen molar-refractivity contribution in [1.82, 2.24) is 14.8 Å². The van der Waals surface area contributed by atoms with Crippen molar-refractivity contribution < 1.29 is 9.90 Å². The molecule has 0 aliphatic carbocycles. The molecule has 0 radical (unpaired) electrons. The molecule has 7 heteroatoms. The highest BCUT2D eigenvalue weighted by atomic mass is 16.4. The molecule has 0 aliphatic heterocycles. The number of carboxylic acids is 1. The predicted molar refractivity (Wildman–Crippen MR) is 62.1 cm³/mol.